The number of benzene rings is 1. The number of esters is 1. The normalized spacial score (nSPS) is 10.0. The van der Waals surface area contributed by atoms with E-state index in [1.807, 2.05) is 19.9 Å². The van der Waals surface area contributed by atoms with Gasteiger partial charge in [0.2, 0.25) is 0 Å². The SMILES string of the molecule is C=C(C)CN(CC)C(=O)COC(=O)CCC(=O)c1ccccc1. The van der Waals surface area contributed by atoms with E-state index in [-0.39, 0.29) is 31.1 Å². The standard InChI is InChI=1S/C18H23NO4/c1-4-19(12-14(2)3)17(21)13-23-18(22)11-10-16(20)15-8-6-5-7-9-15/h5-9H,2,4,10-13H2,1,3H3. The average Bonchev–Trinajstić information content (AvgIpc) is 2.55. The number of nitrogens with zero attached hydrogens (tertiary/aromatic N) is 1. The predicted octanol–water partition coefficient (Wildman–Crippen LogP) is 2.62. The van der Waals surface area contributed by atoms with Gasteiger partial charge in [-0.05, 0) is 13.8 Å². The van der Waals surface area contributed by atoms with Gasteiger partial charge in [-0.25, -0.2) is 0 Å². The lowest BCUT2D eigenvalue weighted by atomic mass is 10.1. The van der Waals surface area contributed by atoms with Crippen molar-refractivity contribution in [1.82, 2.24) is 4.90 Å². The second kappa shape index (κ2) is 9.56. The summed E-state index contributed by atoms with van der Waals surface area (Å²) in [4.78, 5) is 37.0. The van der Waals surface area contributed by atoms with Crippen LogP contribution in [-0.2, 0) is 14.3 Å². The molecule has 0 N–H and O–H groups in total. The topological polar surface area (TPSA) is 63.7 Å². The van der Waals surface area contributed by atoms with Crippen molar-refractivity contribution >= 4 is 17.7 Å². The van der Waals surface area contributed by atoms with Gasteiger partial charge in [0.25, 0.3) is 5.91 Å². The van der Waals surface area contributed by atoms with Gasteiger partial charge in [0.05, 0.1) is 6.42 Å². The molecule has 0 saturated carbocycles. The number of carbonyl (C=O) groups is 3. The predicted molar refractivity (Wildman–Crippen MR) is 88.0 cm³/mol. The first-order chi connectivity index (χ1) is 10.9. The number of hydrogen-bond donors (Lipinski definition) is 0. The number of hydrogen-bond acceptors (Lipinski definition) is 4. The molecule has 0 aliphatic carbocycles. The molecule has 0 saturated heterocycles. The van der Waals surface area contributed by atoms with Crippen molar-refractivity contribution in [3.8, 4) is 0 Å². The van der Waals surface area contributed by atoms with Crippen LogP contribution in [0.15, 0.2) is 42.5 Å². The van der Waals surface area contributed by atoms with Crippen LogP contribution in [0.3, 0.4) is 0 Å². The summed E-state index contributed by atoms with van der Waals surface area (Å²) in [6.07, 6.45) is 0.0356. The quantitative estimate of drug-likeness (QED) is 0.399. The Morgan fingerprint density at radius 3 is 2.35 bits per heavy atom. The average molecular weight is 317 g/mol. The molecule has 124 valence electrons. The van der Waals surface area contributed by atoms with E-state index in [0.717, 1.165) is 5.57 Å². The molecule has 0 radical (unpaired) electrons. The maximum absolute atomic E-state index is 11.9. The Labute approximate surface area is 136 Å². The molecule has 23 heavy (non-hydrogen) atoms. The summed E-state index contributed by atoms with van der Waals surface area (Å²) >= 11 is 0. The summed E-state index contributed by atoms with van der Waals surface area (Å²) in [7, 11) is 0. The second-order valence-corrected chi connectivity index (χ2v) is 5.31. The largest absolute Gasteiger partial charge is 0.456 e. The molecule has 0 spiro atoms. The minimum Gasteiger partial charge on any atom is -0.456 e. The number of Topliss-reactive ketones (excluding diaryl/α,β-unsaturated/α-hetero) is 1. The van der Waals surface area contributed by atoms with Gasteiger partial charge in [0.1, 0.15) is 0 Å². The van der Waals surface area contributed by atoms with Crippen molar-refractivity contribution in [3.05, 3.63) is 48.0 Å². The van der Waals surface area contributed by atoms with Crippen LogP contribution < -0.4 is 0 Å². The van der Waals surface area contributed by atoms with Gasteiger partial charge in [-0.15, -0.1) is 0 Å². The molecule has 0 bridgehead atoms. The third-order valence-electron chi connectivity index (χ3n) is 3.20. The van der Waals surface area contributed by atoms with Crippen molar-refractivity contribution in [1.29, 1.82) is 0 Å². The number of amides is 1. The van der Waals surface area contributed by atoms with Crippen molar-refractivity contribution in [3.63, 3.8) is 0 Å². The molecule has 0 aliphatic heterocycles. The zero-order valence-electron chi connectivity index (χ0n) is 13.7. The Balaban J connectivity index is 2.35. The lowest BCUT2D eigenvalue weighted by molar-refractivity contribution is -0.151. The smallest absolute Gasteiger partial charge is 0.306 e. The first kappa shape index (κ1) is 18.6. The molecule has 1 aromatic rings. The number of ketones is 1. The number of rotatable bonds is 9. The zero-order chi connectivity index (χ0) is 17.2. The zero-order valence-corrected chi connectivity index (χ0v) is 13.7. The van der Waals surface area contributed by atoms with Gasteiger partial charge in [0.15, 0.2) is 12.4 Å². The highest BCUT2D eigenvalue weighted by molar-refractivity contribution is 5.97. The van der Waals surface area contributed by atoms with E-state index in [9.17, 15) is 14.4 Å². The maximum Gasteiger partial charge on any atom is 0.306 e. The van der Waals surface area contributed by atoms with Crippen molar-refractivity contribution in [2.75, 3.05) is 19.7 Å². The molecule has 0 aromatic heterocycles. The lowest BCUT2D eigenvalue weighted by Gasteiger charge is -2.20. The van der Waals surface area contributed by atoms with Gasteiger partial charge in [-0.2, -0.15) is 0 Å². The highest BCUT2D eigenvalue weighted by Gasteiger charge is 2.15. The van der Waals surface area contributed by atoms with Gasteiger partial charge in [-0.1, -0.05) is 42.5 Å². The van der Waals surface area contributed by atoms with Crippen LogP contribution >= 0.6 is 0 Å². The third-order valence-corrected chi connectivity index (χ3v) is 3.20. The fourth-order valence-corrected chi connectivity index (χ4v) is 1.99. The summed E-state index contributed by atoms with van der Waals surface area (Å²) < 4.78 is 4.94. The molecule has 0 fully saturated rings. The molecule has 0 unspecified atom stereocenters. The highest BCUT2D eigenvalue weighted by Crippen LogP contribution is 2.06. The van der Waals surface area contributed by atoms with Crippen LogP contribution in [-0.4, -0.2) is 42.3 Å². The number of ether oxygens (including phenoxy) is 1. The van der Waals surface area contributed by atoms with E-state index < -0.39 is 5.97 Å². The van der Waals surface area contributed by atoms with Crippen LogP contribution in [0.1, 0.15) is 37.0 Å². The first-order valence-corrected chi connectivity index (χ1v) is 7.60. The molecule has 0 heterocycles. The van der Waals surface area contributed by atoms with Crippen molar-refractivity contribution < 1.29 is 19.1 Å². The van der Waals surface area contributed by atoms with E-state index in [1.165, 1.54) is 0 Å². The molecule has 1 amide bonds. The molecule has 1 aromatic carbocycles. The third kappa shape index (κ3) is 6.91. The van der Waals surface area contributed by atoms with Crippen LogP contribution in [0.2, 0.25) is 0 Å². The van der Waals surface area contributed by atoms with Crippen LogP contribution in [0.5, 0.6) is 0 Å². The molecular weight excluding hydrogens is 294 g/mol. The van der Waals surface area contributed by atoms with Gasteiger partial charge < -0.3 is 9.64 Å². The number of likely N-dealkylation sites (N-methyl/N-ethyl adjacent to an activating group) is 1. The minimum atomic E-state index is -0.547. The monoisotopic (exact) mass is 317 g/mol. The fraction of sp³-hybridized carbons (Fsp3) is 0.389. The number of carbonyl (C=O) groups excluding carboxylic acids is 3. The Hall–Kier alpha value is -2.43. The van der Waals surface area contributed by atoms with Gasteiger partial charge in [0, 0.05) is 25.1 Å². The highest BCUT2D eigenvalue weighted by atomic mass is 16.5. The Bertz CT molecular complexity index is 566. The Morgan fingerprint density at radius 2 is 1.78 bits per heavy atom. The van der Waals surface area contributed by atoms with E-state index in [1.54, 1.807) is 29.2 Å². The lowest BCUT2D eigenvalue weighted by Crippen LogP contribution is -2.35. The van der Waals surface area contributed by atoms with Crippen LogP contribution in [0.4, 0.5) is 0 Å². The van der Waals surface area contributed by atoms with Crippen molar-refractivity contribution in [2.24, 2.45) is 0 Å². The summed E-state index contributed by atoms with van der Waals surface area (Å²) in [6.45, 7) is 8.10. The molecule has 0 atom stereocenters. The molecular formula is C18H23NO4. The minimum absolute atomic E-state index is 0.0341. The summed E-state index contributed by atoms with van der Waals surface area (Å²) in [6, 6.07) is 8.76. The van der Waals surface area contributed by atoms with Crippen LogP contribution in [0, 0.1) is 0 Å². The van der Waals surface area contributed by atoms with Gasteiger partial charge >= 0.3 is 5.97 Å². The molecule has 0 aliphatic rings. The maximum atomic E-state index is 11.9. The molecule has 5 heteroatoms. The summed E-state index contributed by atoms with van der Waals surface area (Å²) in [5.74, 6) is -0.932. The fourth-order valence-electron chi connectivity index (χ4n) is 1.99. The summed E-state index contributed by atoms with van der Waals surface area (Å²) in [5.41, 5.74) is 1.43. The van der Waals surface area contributed by atoms with E-state index in [4.69, 9.17) is 4.74 Å². The first-order valence-electron chi connectivity index (χ1n) is 7.60. The van der Waals surface area contributed by atoms with E-state index in [2.05, 4.69) is 6.58 Å². The molecule has 5 nitrogen and oxygen atoms in total. The summed E-state index contributed by atoms with van der Waals surface area (Å²) in [5, 5.41) is 0. The van der Waals surface area contributed by atoms with Gasteiger partial charge in [-0.3, -0.25) is 14.4 Å². The second-order valence-electron chi connectivity index (χ2n) is 5.31. The van der Waals surface area contributed by atoms with Crippen LogP contribution in [0.25, 0.3) is 0 Å². The molecule has 1 rings (SSSR count). The van der Waals surface area contributed by atoms with Crippen molar-refractivity contribution in [2.45, 2.75) is 26.7 Å². The Morgan fingerprint density at radius 1 is 1.13 bits per heavy atom. The Kier molecular flexibility index (Phi) is 7.74. The van der Waals surface area contributed by atoms with E-state index >= 15 is 0 Å². The van der Waals surface area contributed by atoms with E-state index in [0.29, 0.717) is 18.7 Å².